The molecule has 0 saturated carbocycles. The number of carbonyl (C=O) groups is 2. The number of anilines is 1. The molecule has 16 heavy (non-hydrogen) atoms. The average Bonchev–Trinajstić information content (AvgIpc) is 2.60. The van der Waals surface area contributed by atoms with E-state index in [0.717, 1.165) is 11.5 Å². The Morgan fingerprint density at radius 3 is 3.00 bits per heavy atom. The standard InChI is InChI=1S/C8H11N5O2S/c1-4-8(15)10-6(14)3-13(4)2-5-7(9)16-12-11-5/h4H,2-3,9H2,1H3,(H,10,14,15). The normalized spacial score (nSPS) is 22.2. The number of aromatic nitrogens is 2. The van der Waals surface area contributed by atoms with Crippen LogP contribution in [0.5, 0.6) is 0 Å². The van der Waals surface area contributed by atoms with Gasteiger partial charge in [0.15, 0.2) is 0 Å². The minimum absolute atomic E-state index is 0.171. The predicted octanol–water partition coefficient (Wildman–Crippen LogP) is -1.03. The summed E-state index contributed by atoms with van der Waals surface area (Å²) in [6.07, 6.45) is 0. The number of piperazine rings is 1. The van der Waals surface area contributed by atoms with Gasteiger partial charge in [-0.25, -0.2) is 0 Å². The van der Waals surface area contributed by atoms with Crippen LogP contribution in [0.1, 0.15) is 12.6 Å². The molecule has 0 spiro atoms. The molecule has 1 unspecified atom stereocenters. The first kappa shape index (κ1) is 11.0. The summed E-state index contributed by atoms with van der Waals surface area (Å²) < 4.78 is 3.70. The lowest BCUT2D eigenvalue weighted by Crippen LogP contribution is -2.56. The molecule has 0 aromatic carbocycles. The molecule has 0 radical (unpaired) electrons. The average molecular weight is 241 g/mol. The molecule has 1 fully saturated rings. The second-order valence-electron chi connectivity index (χ2n) is 3.58. The van der Waals surface area contributed by atoms with E-state index in [1.807, 2.05) is 0 Å². The number of carbonyl (C=O) groups excluding carboxylic acids is 2. The van der Waals surface area contributed by atoms with Crippen molar-refractivity contribution < 1.29 is 9.59 Å². The summed E-state index contributed by atoms with van der Waals surface area (Å²) in [6, 6.07) is -0.362. The highest BCUT2D eigenvalue weighted by Gasteiger charge is 2.30. The van der Waals surface area contributed by atoms with Gasteiger partial charge >= 0.3 is 0 Å². The van der Waals surface area contributed by atoms with Gasteiger partial charge in [-0.3, -0.25) is 19.8 Å². The molecule has 2 heterocycles. The zero-order chi connectivity index (χ0) is 11.7. The van der Waals surface area contributed by atoms with E-state index in [1.165, 1.54) is 0 Å². The van der Waals surface area contributed by atoms with E-state index >= 15 is 0 Å². The Kier molecular flexibility index (Phi) is 2.84. The van der Waals surface area contributed by atoms with Crippen LogP contribution in [0.3, 0.4) is 0 Å². The maximum Gasteiger partial charge on any atom is 0.243 e. The lowest BCUT2D eigenvalue weighted by atomic mass is 10.2. The number of hydrogen-bond acceptors (Lipinski definition) is 7. The molecule has 2 amide bonds. The second kappa shape index (κ2) is 4.14. The van der Waals surface area contributed by atoms with Crippen LogP contribution in [-0.2, 0) is 16.1 Å². The molecule has 1 aliphatic rings. The van der Waals surface area contributed by atoms with Crippen molar-refractivity contribution in [3.05, 3.63) is 5.69 Å². The van der Waals surface area contributed by atoms with Crippen LogP contribution in [-0.4, -0.2) is 38.9 Å². The number of amides is 2. The van der Waals surface area contributed by atoms with Gasteiger partial charge in [0.1, 0.15) is 10.7 Å². The molecule has 86 valence electrons. The fourth-order valence-electron chi connectivity index (χ4n) is 1.48. The Bertz CT molecular complexity index is 432. The van der Waals surface area contributed by atoms with Crippen molar-refractivity contribution in [2.24, 2.45) is 0 Å². The molecule has 8 heteroatoms. The third-order valence-electron chi connectivity index (χ3n) is 2.47. The predicted molar refractivity (Wildman–Crippen MR) is 57.3 cm³/mol. The number of rotatable bonds is 2. The van der Waals surface area contributed by atoms with Gasteiger partial charge in [-0.2, -0.15) is 0 Å². The molecule has 1 saturated heterocycles. The van der Waals surface area contributed by atoms with Gasteiger partial charge in [-0.1, -0.05) is 4.49 Å². The monoisotopic (exact) mass is 241 g/mol. The van der Waals surface area contributed by atoms with Gasteiger partial charge in [-0.05, 0) is 6.92 Å². The molecule has 1 aromatic heterocycles. The first-order valence-electron chi connectivity index (χ1n) is 4.72. The first-order valence-corrected chi connectivity index (χ1v) is 5.49. The molecule has 2 rings (SSSR count). The molecule has 7 nitrogen and oxygen atoms in total. The molecule has 1 atom stereocenters. The van der Waals surface area contributed by atoms with Gasteiger partial charge < -0.3 is 5.73 Å². The highest BCUT2D eigenvalue weighted by Crippen LogP contribution is 2.17. The van der Waals surface area contributed by atoms with E-state index in [4.69, 9.17) is 5.73 Å². The molecule has 0 bridgehead atoms. The highest BCUT2D eigenvalue weighted by atomic mass is 32.1. The fraction of sp³-hybridized carbons (Fsp3) is 0.500. The lowest BCUT2D eigenvalue weighted by Gasteiger charge is -2.30. The Morgan fingerprint density at radius 1 is 1.62 bits per heavy atom. The minimum atomic E-state index is -0.362. The van der Waals surface area contributed by atoms with Crippen molar-refractivity contribution in [3.63, 3.8) is 0 Å². The summed E-state index contributed by atoms with van der Waals surface area (Å²) in [7, 11) is 0. The van der Waals surface area contributed by atoms with Crippen molar-refractivity contribution in [2.75, 3.05) is 12.3 Å². The molecule has 3 N–H and O–H groups in total. The van der Waals surface area contributed by atoms with Crippen LogP contribution in [0.2, 0.25) is 0 Å². The summed E-state index contributed by atoms with van der Waals surface area (Å²) in [5.74, 6) is -0.595. The number of hydrogen-bond donors (Lipinski definition) is 2. The summed E-state index contributed by atoms with van der Waals surface area (Å²) in [4.78, 5) is 24.3. The topological polar surface area (TPSA) is 101 Å². The zero-order valence-corrected chi connectivity index (χ0v) is 9.45. The van der Waals surface area contributed by atoms with E-state index < -0.39 is 0 Å². The van der Waals surface area contributed by atoms with Crippen molar-refractivity contribution in [1.82, 2.24) is 19.8 Å². The minimum Gasteiger partial charge on any atom is -0.388 e. The molecule has 1 aromatic rings. The maximum absolute atomic E-state index is 11.4. The van der Waals surface area contributed by atoms with Crippen LogP contribution in [0.25, 0.3) is 0 Å². The first-order chi connectivity index (χ1) is 7.58. The van der Waals surface area contributed by atoms with Crippen LogP contribution in [0.15, 0.2) is 0 Å². The van der Waals surface area contributed by atoms with E-state index in [1.54, 1.807) is 11.8 Å². The van der Waals surface area contributed by atoms with Gasteiger partial charge in [0, 0.05) is 18.1 Å². The smallest absolute Gasteiger partial charge is 0.243 e. The van der Waals surface area contributed by atoms with Gasteiger partial charge in [0.05, 0.1) is 12.6 Å². The Balaban J connectivity index is 2.12. The van der Waals surface area contributed by atoms with Crippen molar-refractivity contribution in [1.29, 1.82) is 0 Å². The van der Waals surface area contributed by atoms with E-state index in [0.29, 0.717) is 17.2 Å². The van der Waals surface area contributed by atoms with Gasteiger partial charge in [0.2, 0.25) is 11.8 Å². The number of nitrogens with two attached hydrogens (primary N) is 1. The van der Waals surface area contributed by atoms with E-state index in [9.17, 15) is 9.59 Å². The highest BCUT2D eigenvalue weighted by molar-refractivity contribution is 7.09. The third kappa shape index (κ3) is 2.02. The number of nitrogen functional groups attached to an aromatic ring is 1. The number of nitrogens with one attached hydrogen (secondary N) is 1. The molecular formula is C8H11N5O2S. The molecule has 1 aliphatic heterocycles. The van der Waals surface area contributed by atoms with Crippen molar-refractivity contribution in [3.8, 4) is 0 Å². The maximum atomic E-state index is 11.4. The lowest BCUT2D eigenvalue weighted by molar-refractivity contribution is -0.139. The Morgan fingerprint density at radius 2 is 2.38 bits per heavy atom. The number of imide groups is 1. The fourth-order valence-corrected chi connectivity index (χ4v) is 1.92. The quantitative estimate of drug-likeness (QED) is 0.642. The van der Waals surface area contributed by atoms with Crippen LogP contribution in [0.4, 0.5) is 5.00 Å². The van der Waals surface area contributed by atoms with Gasteiger partial charge in [0.25, 0.3) is 0 Å². The Labute approximate surface area is 95.8 Å². The SMILES string of the molecule is CC1C(=O)NC(=O)CN1Cc1nnsc1N. The second-order valence-corrected chi connectivity index (χ2v) is 4.36. The van der Waals surface area contributed by atoms with Crippen LogP contribution in [0, 0.1) is 0 Å². The largest absolute Gasteiger partial charge is 0.388 e. The molecular weight excluding hydrogens is 230 g/mol. The summed E-state index contributed by atoms with van der Waals surface area (Å²) >= 11 is 1.10. The number of nitrogens with zero attached hydrogens (tertiary/aromatic N) is 3. The van der Waals surface area contributed by atoms with Crippen LogP contribution >= 0.6 is 11.5 Å². The van der Waals surface area contributed by atoms with Gasteiger partial charge in [-0.15, -0.1) is 5.10 Å². The third-order valence-corrected chi connectivity index (χ3v) is 3.07. The zero-order valence-electron chi connectivity index (χ0n) is 8.64. The van der Waals surface area contributed by atoms with Crippen LogP contribution < -0.4 is 11.1 Å². The summed E-state index contributed by atoms with van der Waals surface area (Å²) in [6.45, 7) is 2.27. The summed E-state index contributed by atoms with van der Waals surface area (Å²) in [5.41, 5.74) is 6.26. The van der Waals surface area contributed by atoms with E-state index in [2.05, 4.69) is 14.9 Å². The van der Waals surface area contributed by atoms with Crippen molar-refractivity contribution >= 4 is 28.3 Å². The summed E-state index contributed by atoms with van der Waals surface area (Å²) in [5, 5.41) is 6.64. The Hall–Kier alpha value is -1.54. The molecule has 0 aliphatic carbocycles. The van der Waals surface area contributed by atoms with Crippen molar-refractivity contribution in [2.45, 2.75) is 19.5 Å². The van der Waals surface area contributed by atoms with E-state index in [-0.39, 0.29) is 24.4 Å².